The molecule has 1 aliphatic carbocycles. The number of Topliss-reactive ketones (excluding diaryl/α,β-unsaturated/α-hetero) is 1. The average Bonchev–Trinajstić information content (AvgIpc) is 3.02. The Bertz CT molecular complexity index is 1140. The topological polar surface area (TPSA) is 200 Å². The van der Waals surface area contributed by atoms with Gasteiger partial charge in [0.2, 0.25) is 18.1 Å². The molecule has 0 spiro atoms. The third-order valence-corrected chi connectivity index (χ3v) is 8.54. The van der Waals surface area contributed by atoms with Gasteiger partial charge in [-0.05, 0) is 70.6 Å². The van der Waals surface area contributed by atoms with Crippen LogP contribution >= 0.6 is 0 Å². The van der Waals surface area contributed by atoms with Crippen LogP contribution in [0.15, 0.2) is 34.8 Å². The van der Waals surface area contributed by atoms with E-state index in [1.807, 2.05) is 51.7 Å². The number of nitrogens with one attached hydrogen (secondary N) is 3. The van der Waals surface area contributed by atoms with Gasteiger partial charge in [-0.2, -0.15) is 0 Å². The van der Waals surface area contributed by atoms with Gasteiger partial charge in [0.15, 0.2) is 5.78 Å². The van der Waals surface area contributed by atoms with Gasteiger partial charge in [-0.25, -0.2) is 0 Å². The van der Waals surface area contributed by atoms with Crippen LogP contribution in [-0.2, 0) is 23.8 Å². The Morgan fingerprint density at radius 3 is 2.60 bits per heavy atom. The number of rotatable bonds is 14. The second-order valence-corrected chi connectivity index (χ2v) is 13.0. The number of aliphatic hydroxyl groups is 3. The zero-order valence-corrected chi connectivity index (χ0v) is 27.3. The highest BCUT2D eigenvalue weighted by molar-refractivity contribution is 5.92. The fourth-order valence-corrected chi connectivity index (χ4v) is 5.52. The van der Waals surface area contributed by atoms with Crippen LogP contribution in [0.4, 0.5) is 0 Å². The third kappa shape index (κ3) is 9.84. The average molecular weight is 636 g/mol. The fraction of sp³-hybridized carbons (Fsp3) is 0.719. The van der Waals surface area contributed by atoms with E-state index in [1.165, 1.54) is 0 Å². The molecule has 5 atom stereocenters. The van der Waals surface area contributed by atoms with Gasteiger partial charge in [-0.15, -0.1) is 0 Å². The van der Waals surface area contributed by atoms with Gasteiger partial charge in [0, 0.05) is 44.0 Å². The van der Waals surface area contributed by atoms with Crippen molar-refractivity contribution in [2.24, 2.45) is 23.0 Å². The molecule has 3 rings (SSSR count). The summed E-state index contributed by atoms with van der Waals surface area (Å²) in [6.07, 6.45) is -0.594. The maximum atomic E-state index is 12.9. The maximum Gasteiger partial charge on any atom is 0.231 e. The monoisotopic (exact) mass is 635 g/mol. The number of hydrogen-bond acceptors (Lipinski definition) is 12. The quantitative estimate of drug-likeness (QED) is 0.0799. The van der Waals surface area contributed by atoms with Crippen LogP contribution in [-0.4, -0.2) is 115 Å². The highest BCUT2D eigenvalue weighted by Crippen LogP contribution is 2.32. The van der Waals surface area contributed by atoms with Crippen molar-refractivity contribution in [3.05, 3.63) is 34.8 Å². The molecule has 1 amide bonds. The molecule has 0 aromatic heterocycles. The zero-order valence-electron chi connectivity index (χ0n) is 27.3. The second kappa shape index (κ2) is 16.7. The van der Waals surface area contributed by atoms with Crippen LogP contribution in [0, 0.1) is 22.7 Å². The fourth-order valence-electron chi connectivity index (χ4n) is 5.52. The molecule has 3 aliphatic rings. The van der Waals surface area contributed by atoms with Gasteiger partial charge in [-0.1, -0.05) is 19.4 Å². The SMILES string of the molecule is CC1=CC(OCCCNCC(C)(C)C(=O)N2CCNCC2)=CCC1C/C(C(=N)OC1O[C@H](CO)C(=O)C(O)[C@H]1O)=C(/N)C(C)C. The van der Waals surface area contributed by atoms with E-state index >= 15 is 0 Å². The van der Waals surface area contributed by atoms with Crippen LogP contribution in [0.5, 0.6) is 0 Å². The first kappa shape index (κ1) is 36.7. The number of piperazine rings is 1. The Kier molecular flexibility index (Phi) is 13.6. The van der Waals surface area contributed by atoms with Crippen LogP contribution in [0.2, 0.25) is 0 Å². The van der Waals surface area contributed by atoms with Crippen molar-refractivity contribution < 1.29 is 39.1 Å². The molecule has 0 bridgehead atoms. The summed E-state index contributed by atoms with van der Waals surface area (Å²) < 4.78 is 16.9. The molecule has 0 aromatic carbocycles. The van der Waals surface area contributed by atoms with Crippen molar-refractivity contribution in [3.63, 3.8) is 0 Å². The van der Waals surface area contributed by atoms with Gasteiger partial charge >= 0.3 is 0 Å². The second-order valence-electron chi connectivity index (χ2n) is 13.0. The molecule has 2 heterocycles. The van der Waals surface area contributed by atoms with E-state index < -0.39 is 42.4 Å². The van der Waals surface area contributed by atoms with E-state index in [-0.39, 0.29) is 23.6 Å². The Morgan fingerprint density at radius 1 is 1.29 bits per heavy atom. The molecular formula is C32H53N5O8. The van der Waals surface area contributed by atoms with E-state index in [0.717, 1.165) is 50.5 Å². The molecule has 0 aromatic rings. The zero-order chi connectivity index (χ0) is 33.3. The predicted octanol–water partition coefficient (Wildman–Crippen LogP) is 0.552. The van der Waals surface area contributed by atoms with Crippen LogP contribution < -0.4 is 16.4 Å². The van der Waals surface area contributed by atoms with Crippen molar-refractivity contribution >= 4 is 17.6 Å². The number of carbonyl (C=O) groups excluding carboxylic acids is 2. The summed E-state index contributed by atoms with van der Waals surface area (Å²) in [4.78, 5) is 26.8. The molecular weight excluding hydrogens is 582 g/mol. The van der Waals surface area contributed by atoms with E-state index in [1.54, 1.807) is 0 Å². The van der Waals surface area contributed by atoms with E-state index in [9.17, 15) is 24.9 Å². The van der Waals surface area contributed by atoms with Crippen LogP contribution in [0.1, 0.15) is 53.9 Å². The van der Waals surface area contributed by atoms with Crippen molar-refractivity contribution in [3.8, 4) is 0 Å². The minimum atomic E-state index is -1.80. The molecule has 13 heteroatoms. The van der Waals surface area contributed by atoms with E-state index in [0.29, 0.717) is 37.3 Å². The molecule has 45 heavy (non-hydrogen) atoms. The molecule has 2 saturated heterocycles. The van der Waals surface area contributed by atoms with Crippen LogP contribution in [0.25, 0.3) is 0 Å². The summed E-state index contributed by atoms with van der Waals surface area (Å²) in [5.74, 6) is -0.303. The van der Waals surface area contributed by atoms with Crippen molar-refractivity contribution in [2.45, 2.75) is 78.5 Å². The lowest BCUT2D eigenvalue weighted by Crippen LogP contribution is -2.57. The largest absolute Gasteiger partial charge is 0.494 e. The first-order chi connectivity index (χ1) is 21.3. The summed E-state index contributed by atoms with van der Waals surface area (Å²) in [6, 6.07) is 0. The predicted molar refractivity (Wildman–Crippen MR) is 169 cm³/mol. The summed E-state index contributed by atoms with van der Waals surface area (Å²) in [6.45, 7) is 14.1. The number of ether oxygens (including phenoxy) is 3. The molecule has 2 fully saturated rings. The standard InChI is InChI=1S/C32H53N5O8/c1-19(2)25(33)23(29(34)45-30-28(41)27(40)26(39)24(17-38)44-30)16-21-7-8-22(15-20(21)3)43-14-6-9-36-18-32(4,5)31(42)37-12-10-35-11-13-37/h8,15,19,21,24,27-28,30,34-36,38,40-41H,6-7,9-14,16-18,33H2,1-5H3/b25-23-,34-29?/t21?,24-,27?,28-,30?/m1/s1. The number of nitrogens with zero attached hydrogens (tertiary/aromatic N) is 1. The van der Waals surface area contributed by atoms with E-state index in [4.69, 9.17) is 25.4 Å². The molecule has 0 radical (unpaired) electrons. The molecule has 3 unspecified atom stereocenters. The van der Waals surface area contributed by atoms with Gasteiger partial charge in [0.1, 0.15) is 24.1 Å². The lowest BCUT2D eigenvalue weighted by molar-refractivity contribution is -0.234. The van der Waals surface area contributed by atoms with Crippen LogP contribution in [0.3, 0.4) is 0 Å². The minimum Gasteiger partial charge on any atom is -0.494 e. The molecule has 0 saturated carbocycles. The lowest BCUT2D eigenvalue weighted by Gasteiger charge is -2.35. The number of carbonyl (C=O) groups is 2. The minimum absolute atomic E-state index is 0.0141. The first-order valence-electron chi connectivity index (χ1n) is 15.9. The van der Waals surface area contributed by atoms with Gasteiger partial charge in [0.25, 0.3) is 0 Å². The number of aliphatic hydroxyl groups excluding tert-OH is 3. The Hall–Kier alpha value is -2.81. The highest BCUT2D eigenvalue weighted by Gasteiger charge is 2.45. The third-order valence-electron chi connectivity index (χ3n) is 8.54. The normalized spacial score (nSPS) is 26.6. The Balaban J connectivity index is 1.49. The lowest BCUT2D eigenvalue weighted by atomic mass is 9.85. The molecule has 2 aliphatic heterocycles. The number of hydrogen-bond donors (Lipinski definition) is 7. The van der Waals surface area contributed by atoms with Crippen molar-refractivity contribution in [1.82, 2.24) is 15.5 Å². The summed E-state index contributed by atoms with van der Waals surface area (Å²) >= 11 is 0. The number of amides is 1. The number of nitrogens with two attached hydrogens (primary N) is 1. The number of allylic oxidation sites excluding steroid dienone is 4. The molecule has 254 valence electrons. The smallest absolute Gasteiger partial charge is 0.231 e. The molecule has 13 nitrogen and oxygen atoms in total. The van der Waals surface area contributed by atoms with Crippen molar-refractivity contribution in [1.29, 1.82) is 5.41 Å². The first-order valence-corrected chi connectivity index (χ1v) is 15.9. The molecule has 8 N–H and O–H groups in total. The van der Waals surface area contributed by atoms with Gasteiger partial charge < -0.3 is 50.8 Å². The summed E-state index contributed by atoms with van der Waals surface area (Å²) in [5, 5.41) is 45.1. The summed E-state index contributed by atoms with van der Waals surface area (Å²) in [5.41, 5.74) is 7.87. The Labute approximate surface area is 266 Å². The van der Waals surface area contributed by atoms with Gasteiger partial charge in [0.05, 0.1) is 18.6 Å². The van der Waals surface area contributed by atoms with Gasteiger partial charge in [-0.3, -0.25) is 15.0 Å². The van der Waals surface area contributed by atoms with Crippen molar-refractivity contribution in [2.75, 3.05) is 52.5 Å². The summed E-state index contributed by atoms with van der Waals surface area (Å²) in [7, 11) is 0. The van der Waals surface area contributed by atoms with E-state index in [2.05, 4.69) is 10.6 Å². The number of ketones is 1. The Morgan fingerprint density at radius 2 is 1.98 bits per heavy atom. The highest BCUT2D eigenvalue weighted by atomic mass is 16.7. The maximum absolute atomic E-state index is 12.9.